The molecule has 3 aliphatic rings. The maximum Gasteiger partial charge on any atom is 0.395 e. The number of hydrogen-bond donors (Lipinski definition) is 2. The van der Waals surface area contributed by atoms with Crippen LogP contribution in [-0.4, -0.2) is 70.2 Å². The molecule has 1 aromatic carbocycles. The number of ketones is 1. The first-order valence-electron chi connectivity index (χ1n) is 14.0. The zero-order valence-corrected chi connectivity index (χ0v) is 22.6. The van der Waals surface area contributed by atoms with E-state index in [0.29, 0.717) is 37.4 Å². The van der Waals surface area contributed by atoms with Gasteiger partial charge in [0.2, 0.25) is 11.8 Å². The largest absolute Gasteiger partial charge is 0.476 e. The molecule has 0 radical (unpaired) electrons. The Morgan fingerprint density at radius 1 is 1.10 bits per heavy atom. The van der Waals surface area contributed by atoms with Crippen LogP contribution < -0.4 is 10.5 Å². The third-order valence-corrected chi connectivity index (χ3v) is 9.01. The molecule has 3 N–H and O–H groups in total. The van der Waals surface area contributed by atoms with Crippen LogP contribution in [0.3, 0.4) is 0 Å². The molecule has 2 aliphatic carbocycles. The average Bonchev–Trinajstić information content (AvgIpc) is 3.31. The number of aliphatic hydroxyl groups excluding tert-OH is 1. The monoisotopic (exact) mass is 578 g/mol. The molecule has 3 atom stereocenters. The highest BCUT2D eigenvalue weighted by Gasteiger charge is 2.58. The van der Waals surface area contributed by atoms with Crippen LogP contribution >= 0.6 is 0 Å². The molecule has 1 unspecified atom stereocenters. The van der Waals surface area contributed by atoms with Crippen LogP contribution in [0.5, 0.6) is 5.88 Å². The van der Waals surface area contributed by atoms with E-state index in [1.165, 1.54) is 30.6 Å². The molecule has 1 aliphatic heterocycles. The molecule has 41 heavy (non-hydrogen) atoms. The van der Waals surface area contributed by atoms with Crippen molar-refractivity contribution >= 4 is 11.7 Å². The van der Waals surface area contributed by atoms with Gasteiger partial charge in [-0.1, -0.05) is 12.5 Å². The zero-order chi connectivity index (χ0) is 29.4. The lowest BCUT2D eigenvalue weighted by Gasteiger charge is -2.47. The van der Waals surface area contributed by atoms with Crippen LogP contribution in [0.2, 0.25) is 0 Å². The number of benzene rings is 1. The number of aliphatic hydroxyl groups is 1. The molecule has 0 spiro atoms. The van der Waals surface area contributed by atoms with Gasteiger partial charge in [-0.3, -0.25) is 9.59 Å². The van der Waals surface area contributed by atoms with E-state index in [1.54, 1.807) is 0 Å². The Morgan fingerprint density at radius 2 is 1.80 bits per heavy atom. The van der Waals surface area contributed by atoms with E-state index in [4.69, 9.17) is 10.5 Å². The Morgan fingerprint density at radius 3 is 2.37 bits per heavy atom. The normalized spacial score (nSPS) is 25.0. The number of nitrogens with two attached hydrogens (primary N) is 1. The van der Waals surface area contributed by atoms with Gasteiger partial charge in [-0.2, -0.15) is 13.2 Å². The van der Waals surface area contributed by atoms with E-state index in [9.17, 15) is 32.3 Å². The topological polar surface area (TPSA) is 119 Å². The highest BCUT2D eigenvalue weighted by Crippen LogP contribution is 2.53. The molecule has 2 aromatic rings. The van der Waals surface area contributed by atoms with E-state index in [0.717, 1.165) is 12.8 Å². The average molecular weight is 579 g/mol. The summed E-state index contributed by atoms with van der Waals surface area (Å²) in [4.78, 5) is 35.1. The lowest BCUT2D eigenvalue weighted by Crippen LogP contribution is -2.53. The van der Waals surface area contributed by atoms with E-state index < -0.39 is 47.0 Å². The fraction of sp³-hybridized carbons (Fsp3) is 0.586. The lowest BCUT2D eigenvalue weighted by atomic mass is 9.67. The molecule has 222 valence electrons. The van der Waals surface area contributed by atoms with Crippen LogP contribution in [-0.2, 0) is 4.79 Å². The van der Waals surface area contributed by atoms with Crippen molar-refractivity contribution in [2.45, 2.75) is 57.2 Å². The summed E-state index contributed by atoms with van der Waals surface area (Å²) in [6.07, 6.45) is 0.532. The fourth-order valence-electron chi connectivity index (χ4n) is 6.31. The van der Waals surface area contributed by atoms with Gasteiger partial charge in [-0.25, -0.2) is 14.4 Å². The summed E-state index contributed by atoms with van der Waals surface area (Å²) in [6, 6.07) is 4.03. The predicted molar refractivity (Wildman–Crippen MR) is 140 cm³/mol. The van der Waals surface area contributed by atoms with Crippen molar-refractivity contribution in [2.75, 3.05) is 26.2 Å². The number of likely N-dealkylation sites (tertiary alicyclic amines) is 1. The SMILES string of the molecule is NC(=O)[C@@H]1CC(O)C[C@H]1C(=O)c1ccc(-c2cnc(OCC3CCN(CC4(C(F)(F)F)CCC4)CC3)cn2)cc1F. The quantitative estimate of drug-likeness (QED) is 0.339. The van der Waals surface area contributed by atoms with Gasteiger partial charge in [0.1, 0.15) is 5.82 Å². The number of primary amides is 1. The summed E-state index contributed by atoms with van der Waals surface area (Å²) in [7, 11) is 0. The summed E-state index contributed by atoms with van der Waals surface area (Å²) >= 11 is 0. The maximum absolute atomic E-state index is 14.9. The summed E-state index contributed by atoms with van der Waals surface area (Å²) < 4.78 is 61.2. The summed E-state index contributed by atoms with van der Waals surface area (Å²) in [5, 5.41) is 9.88. The number of aromatic nitrogens is 2. The second-order valence-corrected chi connectivity index (χ2v) is 11.7. The molecule has 12 heteroatoms. The Labute approximate surface area is 235 Å². The van der Waals surface area contributed by atoms with Crippen molar-refractivity contribution in [3.05, 3.63) is 42.0 Å². The van der Waals surface area contributed by atoms with Crippen molar-refractivity contribution < 1.29 is 37.0 Å². The molecule has 5 rings (SSSR count). The summed E-state index contributed by atoms with van der Waals surface area (Å²) in [5.74, 6) is -3.26. The number of amides is 1. The second kappa shape index (κ2) is 11.6. The first-order chi connectivity index (χ1) is 19.5. The lowest BCUT2D eigenvalue weighted by molar-refractivity contribution is -0.256. The van der Waals surface area contributed by atoms with Crippen molar-refractivity contribution in [1.29, 1.82) is 0 Å². The minimum Gasteiger partial charge on any atom is -0.476 e. The van der Waals surface area contributed by atoms with Crippen LogP contribution in [0.15, 0.2) is 30.6 Å². The minimum absolute atomic E-state index is 0.0540. The van der Waals surface area contributed by atoms with E-state index in [2.05, 4.69) is 9.97 Å². The van der Waals surface area contributed by atoms with Crippen LogP contribution in [0.25, 0.3) is 11.3 Å². The first-order valence-corrected chi connectivity index (χ1v) is 14.0. The van der Waals surface area contributed by atoms with Gasteiger partial charge in [0.15, 0.2) is 5.78 Å². The number of rotatable bonds is 9. The number of ether oxygens (including phenoxy) is 1. The van der Waals surface area contributed by atoms with Gasteiger partial charge < -0.3 is 20.5 Å². The van der Waals surface area contributed by atoms with E-state index in [1.807, 2.05) is 4.90 Å². The standard InChI is InChI=1S/C29H34F4N4O4/c30-23-10-18(2-3-20(23)26(39)21-11-19(38)12-22(21)27(34)40)24-13-36-25(14-35-24)41-15-17-4-8-37(9-5-17)16-28(6-1-7-28)29(31,32)33/h2-3,10,13-14,17,19,21-22,38H,1,4-9,11-12,15-16H2,(H2,34,40)/t19?,21-,22-/m1/s1. The second-order valence-electron chi connectivity index (χ2n) is 11.7. The molecule has 2 heterocycles. The van der Waals surface area contributed by atoms with Gasteiger partial charge in [0.05, 0.1) is 47.7 Å². The molecule has 1 aromatic heterocycles. The highest BCUT2D eigenvalue weighted by atomic mass is 19.4. The molecular weight excluding hydrogens is 544 g/mol. The summed E-state index contributed by atoms with van der Waals surface area (Å²) in [5.41, 5.74) is 4.41. The Hall–Kier alpha value is -3.12. The Bertz CT molecular complexity index is 1260. The van der Waals surface area contributed by atoms with Crippen molar-refractivity contribution in [3.63, 3.8) is 0 Å². The molecule has 1 amide bonds. The maximum atomic E-state index is 14.9. The number of piperidine rings is 1. The van der Waals surface area contributed by atoms with Gasteiger partial charge in [-0.15, -0.1) is 0 Å². The molecule has 8 nitrogen and oxygen atoms in total. The molecule has 1 saturated heterocycles. The van der Waals surface area contributed by atoms with Crippen LogP contribution in [0.1, 0.15) is 55.3 Å². The Balaban J connectivity index is 1.13. The number of Topliss-reactive ketones (excluding diaryl/α,β-unsaturated/α-hetero) is 1. The molecule has 0 bridgehead atoms. The van der Waals surface area contributed by atoms with Gasteiger partial charge in [0, 0.05) is 18.0 Å². The van der Waals surface area contributed by atoms with Crippen LogP contribution in [0.4, 0.5) is 17.6 Å². The number of carbonyl (C=O) groups is 2. The number of nitrogens with zero attached hydrogens (tertiary/aromatic N) is 3. The smallest absolute Gasteiger partial charge is 0.395 e. The molecule has 2 saturated carbocycles. The number of halogens is 4. The van der Waals surface area contributed by atoms with Crippen LogP contribution in [0, 0.1) is 29.0 Å². The number of carbonyl (C=O) groups excluding carboxylic acids is 2. The highest BCUT2D eigenvalue weighted by molar-refractivity contribution is 6.01. The predicted octanol–water partition coefficient (Wildman–Crippen LogP) is 4.16. The van der Waals surface area contributed by atoms with Gasteiger partial charge in [0.25, 0.3) is 0 Å². The van der Waals surface area contributed by atoms with Crippen molar-refractivity contribution in [2.24, 2.45) is 28.9 Å². The van der Waals surface area contributed by atoms with E-state index >= 15 is 0 Å². The van der Waals surface area contributed by atoms with Gasteiger partial charge >= 0.3 is 6.18 Å². The van der Waals surface area contributed by atoms with Crippen molar-refractivity contribution in [1.82, 2.24) is 14.9 Å². The van der Waals surface area contributed by atoms with Crippen molar-refractivity contribution in [3.8, 4) is 17.1 Å². The molecule has 3 fully saturated rings. The van der Waals surface area contributed by atoms with Gasteiger partial charge in [-0.05, 0) is 69.7 Å². The fourth-order valence-corrected chi connectivity index (χ4v) is 6.31. The number of hydrogen-bond acceptors (Lipinski definition) is 7. The molecular formula is C29H34F4N4O4. The zero-order valence-electron chi connectivity index (χ0n) is 22.6. The third kappa shape index (κ3) is 6.23. The summed E-state index contributed by atoms with van der Waals surface area (Å²) in [6.45, 7) is 1.65. The Kier molecular flexibility index (Phi) is 8.34. The number of alkyl halides is 3. The van der Waals surface area contributed by atoms with E-state index in [-0.39, 0.29) is 49.6 Å². The first kappa shape index (κ1) is 29.4. The third-order valence-electron chi connectivity index (χ3n) is 9.01. The minimum atomic E-state index is -4.16.